The van der Waals surface area contributed by atoms with E-state index in [0.717, 1.165) is 36.0 Å². The van der Waals surface area contributed by atoms with Crippen LogP contribution in [0.25, 0.3) is 0 Å². The maximum absolute atomic E-state index is 12.1. The van der Waals surface area contributed by atoms with Gasteiger partial charge in [0.25, 0.3) is 0 Å². The topological polar surface area (TPSA) is 66.5 Å². The molecule has 0 saturated carbocycles. The number of carbonyl (C=O) groups is 1. The van der Waals surface area contributed by atoms with E-state index in [2.05, 4.69) is 27.4 Å². The number of ether oxygens (including phenoxy) is 1. The number of hydrogen-bond acceptors (Lipinski definition) is 4. The molecule has 2 amide bonds. The van der Waals surface area contributed by atoms with Crippen LogP contribution in [0.4, 0.5) is 10.6 Å². The fraction of sp³-hybridized carbons (Fsp3) is 0.455. The number of nitrogens with one attached hydrogen (secondary N) is 2. The monoisotopic (exact) mass is 382 g/mol. The van der Waals surface area contributed by atoms with E-state index in [0.29, 0.717) is 13.1 Å². The van der Waals surface area contributed by atoms with Crippen LogP contribution in [0.2, 0.25) is 0 Å². The van der Waals surface area contributed by atoms with Gasteiger partial charge in [-0.1, -0.05) is 43.3 Å². The van der Waals surface area contributed by atoms with E-state index >= 15 is 0 Å². The summed E-state index contributed by atoms with van der Waals surface area (Å²) in [6, 6.07) is 13.7. The van der Waals surface area contributed by atoms with Crippen LogP contribution < -0.4 is 15.5 Å². The summed E-state index contributed by atoms with van der Waals surface area (Å²) in [5, 5.41) is 5.74. The average Bonchev–Trinajstić information content (AvgIpc) is 2.74. The third-order valence-corrected chi connectivity index (χ3v) is 5.27. The van der Waals surface area contributed by atoms with Gasteiger partial charge in [-0.15, -0.1) is 0 Å². The zero-order chi connectivity index (χ0) is 19.8. The third-order valence-electron chi connectivity index (χ3n) is 5.27. The lowest BCUT2D eigenvalue weighted by atomic mass is 9.99. The van der Waals surface area contributed by atoms with Crippen molar-refractivity contribution in [3.8, 4) is 0 Å². The van der Waals surface area contributed by atoms with Gasteiger partial charge < -0.3 is 20.3 Å². The van der Waals surface area contributed by atoms with Gasteiger partial charge in [-0.05, 0) is 36.0 Å². The van der Waals surface area contributed by atoms with Crippen molar-refractivity contribution in [3.63, 3.8) is 0 Å². The number of aromatic nitrogens is 1. The fourth-order valence-corrected chi connectivity index (χ4v) is 3.38. The molecule has 2 heterocycles. The fourth-order valence-electron chi connectivity index (χ4n) is 3.38. The zero-order valence-corrected chi connectivity index (χ0v) is 16.7. The van der Waals surface area contributed by atoms with Crippen LogP contribution in [0.3, 0.4) is 0 Å². The number of methoxy groups -OCH3 is 1. The molecule has 1 fully saturated rings. The summed E-state index contributed by atoms with van der Waals surface area (Å²) in [5.41, 5.74) is 2.02. The summed E-state index contributed by atoms with van der Waals surface area (Å²) < 4.78 is 5.47. The highest BCUT2D eigenvalue weighted by molar-refractivity contribution is 5.73. The van der Waals surface area contributed by atoms with Gasteiger partial charge in [0.1, 0.15) is 5.82 Å². The van der Waals surface area contributed by atoms with Crippen molar-refractivity contribution in [2.45, 2.75) is 32.4 Å². The Morgan fingerprint density at radius 3 is 2.57 bits per heavy atom. The maximum Gasteiger partial charge on any atom is 0.315 e. The second kappa shape index (κ2) is 10.1. The molecule has 1 aromatic carbocycles. The molecule has 28 heavy (non-hydrogen) atoms. The molecule has 1 atom stereocenters. The highest BCUT2D eigenvalue weighted by Gasteiger charge is 2.16. The zero-order valence-electron chi connectivity index (χ0n) is 16.7. The van der Waals surface area contributed by atoms with Gasteiger partial charge in [0.15, 0.2) is 0 Å². The van der Waals surface area contributed by atoms with Crippen LogP contribution in [0.5, 0.6) is 0 Å². The molecule has 150 valence electrons. The molecule has 0 bridgehead atoms. The lowest BCUT2D eigenvalue weighted by molar-refractivity contribution is 0.104. The summed E-state index contributed by atoms with van der Waals surface area (Å²) in [7, 11) is 1.65. The second-order valence-electron chi connectivity index (χ2n) is 7.39. The number of benzene rings is 1. The third kappa shape index (κ3) is 5.70. The van der Waals surface area contributed by atoms with Gasteiger partial charge in [0.2, 0.25) is 0 Å². The Labute approximate surface area is 167 Å². The van der Waals surface area contributed by atoms with Crippen molar-refractivity contribution < 1.29 is 9.53 Å². The minimum absolute atomic E-state index is 0.167. The molecule has 2 N–H and O–H groups in total. The summed E-state index contributed by atoms with van der Waals surface area (Å²) in [6.45, 7) is 5.29. The van der Waals surface area contributed by atoms with Crippen molar-refractivity contribution in [2.24, 2.45) is 5.92 Å². The standard InChI is InChI=1S/C22H30N4O2/c1-17-10-12-26(13-11-17)21-9-8-18(14-23-21)15-24-22(27)25-16-20(28-2)19-6-4-3-5-7-19/h3-9,14,17,20H,10-13,15-16H2,1-2H3,(H2,24,25,27). The number of amides is 2. The first-order valence-corrected chi connectivity index (χ1v) is 9.95. The smallest absolute Gasteiger partial charge is 0.315 e. The van der Waals surface area contributed by atoms with Crippen molar-refractivity contribution in [1.82, 2.24) is 15.6 Å². The lowest BCUT2D eigenvalue weighted by Gasteiger charge is -2.31. The number of piperidine rings is 1. The van der Waals surface area contributed by atoms with Crippen molar-refractivity contribution in [3.05, 3.63) is 59.8 Å². The Balaban J connectivity index is 1.43. The highest BCUT2D eigenvalue weighted by Crippen LogP contribution is 2.21. The average molecular weight is 383 g/mol. The molecular formula is C22H30N4O2. The van der Waals surface area contributed by atoms with Crippen LogP contribution in [0.15, 0.2) is 48.7 Å². The molecule has 6 heteroatoms. The van der Waals surface area contributed by atoms with Gasteiger partial charge in [-0.25, -0.2) is 9.78 Å². The first kappa shape index (κ1) is 20.1. The van der Waals surface area contributed by atoms with Crippen molar-refractivity contribution >= 4 is 11.8 Å². The van der Waals surface area contributed by atoms with Crippen LogP contribution >= 0.6 is 0 Å². The summed E-state index contributed by atoms with van der Waals surface area (Å²) in [4.78, 5) is 19.0. The molecule has 0 radical (unpaired) electrons. The first-order chi connectivity index (χ1) is 13.7. The Kier molecular flexibility index (Phi) is 7.25. The molecule has 3 rings (SSSR count). The second-order valence-corrected chi connectivity index (χ2v) is 7.39. The molecule has 1 saturated heterocycles. The Morgan fingerprint density at radius 1 is 1.18 bits per heavy atom. The van der Waals surface area contributed by atoms with E-state index < -0.39 is 0 Å². The Bertz CT molecular complexity index is 728. The molecular weight excluding hydrogens is 352 g/mol. The van der Waals surface area contributed by atoms with E-state index in [1.807, 2.05) is 48.7 Å². The summed E-state index contributed by atoms with van der Waals surface area (Å²) in [5.74, 6) is 1.82. The minimum Gasteiger partial charge on any atom is -0.375 e. The Morgan fingerprint density at radius 2 is 1.93 bits per heavy atom. The van der Waals surface area contributed by atoms with Crippen molar-refractivity contribution in [1.29, 1.82) is 0 Å². The molecule has 1 unspecified atom stereocenters. The van der Waals surface area contributed by atoms with Crippen LogP contribution in [0, 0.1) is 5.92 Å². The molecule has 0 spiro atoms. The summed E-state index contributed by atoms with van der Waals surface area (Å²) in [6.07, 6.45) is 4.11. The van der Waals surface area contributed by atoms with Gasteiger partial charge in [0.05, 0.1) is 6.10 Å². The quantitative estimate of drug-likeness (QED) is 0.769. The van der Waals surface area contributed by atoms with E-state index in [9.17, 15) is 4.79 Å². The maximum atomic E-state index is 12.1. The van der Waals surface area contributed by atoms with Crippen molar-refractivity contribution in [2.75, 3.05) is 31.6 Å². The number of pyridine rings is 1. The van der Waals surface area contributed by atoms with E-state index in [4.69, 9.17) is 4.74 Å². The van der Waals surface area contributed by atoms with Gasteiger partial charge in [0, 0.05) is 39.5 Å². The van der Waals surface area contributed by atoms with Crippen LogP contribution in [-0.2, 0) is 11.3 Å². The lowest BCUT2D eigenvalue weighted by Crippen LogP contribution is -2.37. The predicted octanol–water partition coefficient (Wildman–Crippen LogP) is 3.50. The van der Waals surface area contributed by atoms with E-state index in [1.165, 1.54) is 12.8 Å². The van der Waals surface area contributed by atoms with Gasteiger partial charge in [-0.2, -0.15) is 0 Å². The normalized spacial score (nSPS) is 15.9. The number of rotatable bonds is 7. The predicted molar refractivity (Wildman–Crippen MR) is 111 cm³/mol. The number of carbonyl (C=O) groups excluding carboxylic acids is 1. The molecule has 0 aliphatic carbocycles. The Hall–Kier alpha value is -2.60. The molecule has 6 nitrogen and oxygen atoms in total. The molecule has 1 aliphatic rings. The van der Waals surface area contributed by atoms with Crippen LogP contribution in [0.1, 0.15) is 37.0 Å². The van der Waals surface area contributed by atoms with E-state index in [1.54, 1.807) is 7.11 Å². The SMILES string of the molecule is COC(CNC(=O)NCc1ccc(N2CCC(C)CC2)nc1)c1ccccc1. The number of nitrogens with zero attached hydrogens (tertiary/aromatic N) is 2. The first-order valence-electron chi connectivity index (χ1n) is 9.95. The summed E-state index contributed by atoms with van der Waals surface area (Å²) >= 11 is 0. The molecule has 1 aliphatic heterocycles. The van der Waals surface area contributed by atoms with Gasteiger partial charge >= 0.3 is 6.03 Å². The molecule has 1 aromatic heterocycles. The van der Waals surface area contributed by atoms with Crippen LogP contribution in [-0.4, -0.2) is 37.8 Å². The van der Waals surface area contributed by atoms with E-state index in [-0.39, 0.29) is 12.1 Å². The largest absolute Gasteiger partial charge is 0.375 e. The number of hydrogen-bond donors (Lipinski definition) is 2. The number of urea groups is 1. The highest BCUT2D eigenvalue weighted by atomic mass is 16.5. The number of anilines is 1. The molecule has 2 aromatic rings. The van der Waals surface area contributed by atoms with Gasteiger partial charge in [-0.3, -0.25) is 0 Å². The minimum atomic E-state index is -0.216.